The third-order valence-corrected chi connectivity index (χ3v) is 3.84. The summed E-state index contributed by atoms with van der Waals surface area (Å²) in [5, 5.41) is 5.56. The second-order valence-electron chi connectivity index (χ2n) is 3.58. The van der Waals surface area contributed by atoms with Crippen LogP contribution in [0.2, 0.25) is 4.34 Å². The fourth-order valence-corrected chi connectivity index (χ4v) is 2.80. The average molecular weight is 231 g/mol. The smallest absolute Gasteiger partial charge is 0.116 e. The van der Waals surface area contributed by atoms with Crippen LogP contribution in [0.5, 0.6) is 0 Å². The number of nitrogens with one attached hydrogen (secondary N) is 1. The quantitative estimate of drug-likeness (QED) is 0.840. The van der Waals surface area contributed by atoms with E-state index in [0.717, 1.165) is 24.0 Å². The molecule has 1 aromatic heterocycles. The second kappa shape index (κ2) is 4.51. The highest BCUT2D eigenvalue weighted by Gasteiger charge is 2.19. The van der Waals surface area contributed by atoms with Crippen LogP contribution in [0.15, 0.2) is 11.4 Å². The lowest BCUT2D eigenvalue weighted by atomic mass is 10.1. The van der Waals surface area contributed by atoms with Crippen molar-refractivity contribution in [3.63, 3.8) is 0 Å². The van der Waals surface area contributed by atoms with Crippen molar-refractivity contribution in [2.75, 3.05) is 24.5 Å². The van der Waals surface area contributed by atoms with Crippen LogP contribution >= 0.6 is 22.9 Å². The largest absolute Gasteiger partial charge is 0.367 e. The Bertz CT molecular complexity index is 300. The van der Waals surface area contributed by atoms with Crippen LogP contribution in [0.25, 0.3) is 0 Å². The molecule has 0 bridgehead atoms. The maximum atomic E-state index is 6.12. The summed E-state index contributed by atoms with van der Waals surface area (Å²) in [6, 6.07) is 2.73. The average Bonchev–Trinajstić information content (AvgIpc) is 2.65. The number of nitrogens with zero attached hydrogens (tertiary/aromatic N) is 1. The molecular formula is C10H15ClN2S. The summed E-state index contributed by atoms with van der Waals surface area (Å²) in [5.41, 5.74) is 1.21. The molecule has 1 unspecified atom stereocenters. The lowest BCUT2D eigenvalue weighted by Crippen LogP contribution is -2.50. The van der Waals surface area contributed by atoms with Crippen LogP contribution in [-0.4, -0.2) is 25.7 Å². The molecule has 1 saturated heterocycles. The van der Waals surface area contributed by atoms with E-state index in [1.807, 2.05) is 0 Å². The summed E-state index contributed by atoms with van der Waals surface area (Å²) in [4.78, 5) is 2.38. The molecule has 2 rings (SSSR count). The van der Waals surface area contributed by atoms with Gasteiger partial charge in [0, 0.05) is 25.7 Å². The first-order chi connectivity index (χ1) is 6.81. The van der Waals surface area contributed by atoms with Crippen LogP contribution in [0.3, 0.4) is 0 Å². The molecule has 0 spiro atoms. The highest BCUT2D eigenvalue weighted by molar-refractivity contribution is 7.15. The molecule has 14 heavy (non-hydrogen) atoms. The molecule has 0 aliphatic carbocycles. The van der Waals surface area contributed by atoms with Gasteiger partial charge in [0.05, 0.1) is 5.69 Å². The van der Waals surface area contributed by atoms with Gasteiger partial charge in [-0.1, -0.05) is 18.5 Å². The van der Waals surface area contributed by atoms with E-state index in [9.17, 15) is 0 Å². The maximum Gasteiger partial charge on any atom is 0.116 e. The van der Waals surface area contributed by atoms with E-state index >= 15 is 0 Å². The monoisotopic (exact) mass is 230 g/mol. The van der Waals surface area contributed by atoms with E-state index in [1.165, 1.54) is 12.1 Å². The molecule has 4 heteroatoms. The maximum absolute atomic E-state index is 6.12. The van der Waals surface area contributed by atoms with Gasteiger partial charge in [0.1, 0.15) is 4.34 Å². The van der Waals surface area contributed by atoms with Crippen LogP contribution < -0.4 is 10.2 Å². The lowest BCUT2D eigenvalue weighted by Gasteiger charge is -2.34. The molecule has 0 amide bonds. The van der Waals surface area contributed by atoms with Crippen LogP contribution in [0, 0.1) is 0 Å². The fourth-order valence-electron chi connectivity index (χ4n) is 1.83. The van der Waals surface area contributed by atoms with Gasteiger partial charge in [0.2, 0.25) is 0 Å². The highest BCUT2D eigenvalue weighted by atomic mass is 35.5. The van der Waals surface area contributed by atoms with Crippen molar-refractivity contribution >= 4 is 28.6 Å². The summed E-state index contributed by atoms with van der Waals surface area (Å²) >= 11 is 7.73. The fraction of sp³-hybridized carbons (Fsp3) is 0.600. The molecule has 1 aliphatic heterocycles. The molecule has 0 radical (unpaired) electrons. The highest BCUT2D eigenvalue weighted by Crippen LogP contribution is 2.31. The first kappa shape index (κ1) is 10.3. The van der Waals surface area contributed by atoms with Crippen molar-refractivity contribution in [3.8, 4) is 0 Å². The number of halogens is 1. The van der Waals surface area contributed by atoms with E-state index in [-0.39, 0.29) is 0 Å². The lowest BCUT2D eigenvalue weighted by molar-refractivity contribution is 0.447. The predicted molar refractivity (Wildman–Crippen MR) is 63.6 cm³/mol. The summed E-state index contributed by atoms with van der Waals surface area (Å²) in [7, 11) is 0. The number of anilines is 1. The number of thiophene rings is 1. The zero-order valence-electron chi connectivity index (χ0n) is 8.29. The summed E-state index contributed by atoms with van der Waals surface area (Å²) in [6.45, 7) is 5.42. The number of piperazine rings is 1. The minimum Gasteiger partial charge on any atom is -0.367 e. The first-order valence-corrected chi connectivity index (χ1v) is 6.28. The summed E-state index contributed by atoms with van der Waals surface area (Å²) < 4.78 is 0.918. The van der Waals surface area contributed by atoms with E-state index in [0.29, 0.717) is 6.04 Å². The van der Waals surface area contributed by atoms with E-state index in [1.54, 1.807) is 11.3 Å². The van der Waals surface area contributed by atoms with Gasteiger partial charge in [-0.25, -0.2) is 0 Å². The van der Waals surface area contributed by atoms with Gasteiger partial charge in [-0.2, -0.15) is 0 Å². The third-order valence-electron chi connectivity index (χ3n) is 2.69. The van der Waals surface area contributed by atoms with Gasteiger partial charge >= 0.3 is 0 Å². The molecule has 2 heterocycles. The first-order valence-electron chi connectivity index (χ1n) is 5.02. The minimum atomic E-state index is 0.611. The van der Waals surface area contributed by atoms with Gasteiger partial charge in [-0.05, 0) is 17.9 Å². The zero-order chi connectivity index (χ0) is 9.97. The Morgan fingerprint density at radius 1 is 1.71 bits per heavy atom. The van der Waals surface area contributed by atoms with Crippen molar-refractivity contribution in [1.82, 2.24) is 5.32 Å². The van der Waals surface area contributed by atoms with Crippen molar-refractivity contribution in [3.05, 3.63) is 15.8 Å². The van der Waals surface area contributed by atoms with Crippen molar-refractivity contribution in [2.45, 2.75) is 19.4 Å². The minimum absolute atomic E-state index is 0.611. The Kier molecular flexibility index (Phi) is 3.31. The van der Waals surface area contributed by atoms with Crippen molar-refractivity contribution in [2.24, 2.45) is 0 Å². The predicted octanol–water partition coefficient (Wildman–Crippen LogP) is 2.59. The van der Waals surface area contributed by atoms with Gasteiger partial charge in [0.15, 0.2) is 0 Å². The van der Waals surface area contributed by atoms with E-state index < -0.39 is 0 Å². The molecule has 1 atom stereocenters. The van der Waals surface area contributed by atoms with Crippen molar-refractivity contribution < 1.29 is 0 Å². The molecule has 78 valence electrons. The molecule has 0 saturated carbocycles. The van der Waals surface area contributed by atoms with E-state index in [4.69, 9.17) is 11.6 Å². The molecule has 2 nitrogen and oxygen atoms in total. The SMILES string of the molecule is CCC1CN(c2ccsc2Cl)CCN1. The summed E-state index contributed by atoms with van der Waals surface area (Å²) in [5.74, 6) is 0. The summed E-state index contributed by atoms with van der Waals surface area (Å²) in [6.07, 6.45) is 1.18. The Morgan fingerprint density at radius 3 is 3.21 bits per heavy atom. The van der Waals surface area contributed by atoms with E-state index in [2.05, 4.69) is 28.6 Å². The molecule has 1 aliphatic rings. The van der Waals surface area contributed by atoms with Gasteiger partial charge < -0.3 is 10.2 Å². The molecule has 1 aromatic rings. The standard InChI is InChI=1S/C10H15ClN2S/c1-2-8-7-13(5-4-12-8)9-3-6-14-10(9)11/h3,6,8,12H,2,4-5,7H2,1H3. The van der Waals surface area contributed by atoms with Crippen LogP contribution in [-0.2, 0) is 0 Å². The zero-order valence-corrected chi connectivity index (χ0v) is 9.87. The molecule has 1 fully saturated rings. The molecule has 0 aromatic carbocycles. The van der Waals surface area contributed by atoms with Crippen LogP contribution in [0.4, 0.5) is 5.69 Å². The van der Waals surface area contributed by atoms with Crippen LogP contribution in [0.1, 0.15) is 13.3 Å². The topological polar surface area (TPSA) is 15.3 Å². The number of hydrogen-bond acceptors (Lipinski definition) is 3. The molecular weight excluding hydrogens is 216 g/mol. The number of rotatable bonds is 2. The van der Waals surface area contributed by atoms with Gasteiger partial charge in [-0.15, -0.1) is 11.3 Å². The molecule has 1 N–H and O–H groups in total. The Balaban J connectivity index is 2.08. The van der Waals surface area contributed by atoms with Gasteiger partial charge in [-0.3, -0.25) is 0 Å². The number of hydrogen-bond donors (Lipinski definition) is 1. The Morgan fingerprint density at radius 2 is 2.57 bits per heavy atom. The Labute approximate surface area is 93.9 Å². The van der Waals surface area contributed by atoms with Gasteiger partial charge in [0.25, 0.3) is 0 Å². The van der Waals surface area contributed by atoms with Crippen molar-refractivity contribution in [1.29, 1.82) is 0 Å². The third kappa shape index (κ3) is 2.05. The normalized spacial score (nSPS) is 22.7. The second-order valence-corrected chi connectivity index (χ2v) is 5.10. The Hall–Kier alpha value is -0.250.